The SMILES string of the molecule is O=S(=O)(CCNCc1cc(F)ccc1F)N1CCOCC1. The van der Waals surface area contributed by atoms with Crippen LogP contribution in [-0.2, 0) is 21.3 Å². The van der Waals surface area contributed by atoms with E-state index in [1.165, 1.54) is 4.31 Å². The summed E-state index contributed by atoms with van der Waals surface area (Å²) in [7, 11) is -3.33. The van der Waals surface area contributed by atoms with Gasteiger partial charge in [-0.2, -0.15) is 4.31 Å². The number of sulfonamides is 1. The van der Waals surface area contributed by atoms with Crippen molar-refractivity contribution >= 4 is 10.0 Å². The Balaban J connectivity index is 1.80. The number of hydrogen-bond donors (Lipinski definition) is 1. The first-order valence-electron chi connectivity index (χ1n) is 6.69. The lowest BCUT2D eigenvalue weighted by molar-refractivity contribution is 0.0730. The number of nitrogens with one attached hydrogen (secondary N) is 1. The highest BCUT2D eigenvalue weighted by atomic mass is 32.2. The Morgan fingerprint density at radius 1 is 1.24 bits per heavy atom. The molecule has 1 aliphatic heterocycles. The van der Waals surface area contributed by atoms with E-state index in [-0.39, 0.29) is 24.4 Å². The van der Waals surface area contributed by atoms with E-state index >= 15 is 0 Å². The van der Waals surface area contributed by atoms with Crippen molar-refractivity contribution in [3.05, 3.63) is 35.4 Å². The highest BCUT2D eigenvalue weighted by molar-refractivity contribution is 7.89. The van der Waals surface area contributed by atoms with E-state index in [0.29, 0.717) is 26.3 Å². The molecule has 2 rings (SSSR count). The molecule has 0 spiro atoms. The fourth-order valence-electron chi connectivity index (χ4n) is 2.06. The molecule has 1 aromatic rings. The van der Waals surface area contributed by atoms with Gasteiger partial charge in [0, 0.05) is 31.7 Å². The molecular weight excluding hydrogens is 302 g/mol. The van der Waals surface area contributed by atoms with Gasteiger partial charge < -0.3 is 10.1 Å². The first-order chi connectivity index (χ1) is 9.99. The smallest absolute Gasteiger partial charge is 0.215 e. The lowest BCUT2D eigenvalue weighted by Crippen LogP contribution is -2.43. The van der Waals surface area contributed by atoms with Gasteiger partial charge in [0.25, 0.3) is 0 Å². The van der Waals surface area contributed by atoms with Crippen molar-refractivity contribution in [2.75, 3.05) is 38.6 Å². The molecule has 1 aromatic carbocycles. The molecule has 1 heterocycles. The molecule has 0 unspecified atom stereocenters. The van der Waals surface area contributed by atoms with Gasteiger partial charge in [-0.05, 0) is 18.2 Å². The summed E-state index contributed by atoms with van der Waals surface area (Å²) in [4.78, 5) is 0. The summed E-state index contributed by atoms with van der Waals surface area (Å²) >= 11 is 0. The van der Waals surface area contributed by atoms with Gasteiger partial charge in [0.1, 0.15) is 11.6 Å². The van der Waals surface area contributed by atoms with Gasteiger partial charge in [0.05, 0.1) is 19.0 Å². The van der Waals surface area contributed by atoms with Crippen LogP contribution in [0.15, 0.2) is 18.2 Å². The quantitative estimate of drug-likeness (QED) is 0.785. The molecule has 0 radical (unpaired) electrons. The van der Waals surface area contributed by atoms with Crippen LogP contribution in [0.2, 0.25) is 0 Å². The summed E-state index contributed by atoms with van der Waals surface area (Å²) in [5.41, 5.74) is 0.179. The molecule has 8 heteroatoms. The lowest BCUT2D eigenvalue weighted by atomic mass is 10.2. The van der Waals surface area contributed by atoms with Crippen LogP contribution in [0.25, 0.3) is 0 Å². The van der Waals surface area contributed by atoms with Gasteiger partial charge in [-0.15, -0.1) is 0 Å². The van der Waals surface area contributed by atoms with Crippen molar-refractivity contribution in [2.24, 2.45) is 0 Å². The number of halogens is 2. The number of hydrogen-bond acceptors (Lipinski definition) is 4. The predicted molar refractivity (Wildman–Crippen MR) is 74.2 cm³/mol. The van der Waals surface area contributed by atoms with Crippen LogP contribution in [0.1, 0.15) is 5.56 Å². The van der Waals surface area contributed by atoms with Crippen molar-refractivity contribution in [2.45, 2.75) is 6.54 Å². The predicted octanol–water partition coefficient (Wildman–Crippen LogP) is 0.716. The topological polar surface area (TPSA) is 58.6 Å². The Labute approximate surface area is 122 Å². The Hall–Kier alpha value is -1.09. The van der Waals surface area contributed by atoms with E-state index in [9.17, 15) is 17.2 Å². The third-order valence-corrected chi connectivity index (χ3v) is 5.10. The van der Waals surface area contributed by atoms with Crippen LogP contribution < -0.4 is 5.32 Å². The molecule has 21 heavy (non-hydrogen) atoms. The summed E-state index contributed by atoms with van der Waals surface area (Å²) in [6, 6.07) is 3.19. The molecule has 1 N–H and O–H groups in total. The zero-order valence-electron chi connectivity index (χ0n) is 11.5. The van der Waals surface area contributed by atoms with Gasteiger partial charge in [0.2, 0.25) is 10.0 Å². The molecule has 1 saturated heterocycles. The van der Waals surface area contributed by atoms with Crippen LogP contribution in [0.5, 0.6) is 0 Å². The molecule has 5 nitrogen and oxygen atoms in total. The largest absolute Gasteiger partial charge is 0.379 e. The third kappa shape index (κ3) is 4.70. The normalized spacial score (nSPS) is 17.0. The van der Waals surface area contributed by atoms with Crippen molar-refractivity contribution in [3.63, 3.8) is 0 Å². The number of morpholine rings is 1. The second-order valence-electron chi connectivity index (χ2n) is 4.74. The van der Waals surface area contributed by atoms with Crippen LogP contribution in [0, 0.1) is 11.6 Å². The number of ether oxygens (including phenoxy) is 1. The van der Waals surface area contributed by atoms with E-state index in [0.717, 1.165) is 18.2 Å². The van der Waals surface area contributed by atoms with Crippen LogP contribution in [0.3, 0.4) is 0 Å². The highest BCUT2D eigenvalue weighted by Crippen LogP contribution is 2.09. The summed E-state index contributed by atoms with van der Waals surface area (Å²) in [5.74, 6) is -1.11. The number of benzene rings is 1. The maximum atomic E-state index is 13.4. The molecule has 1 aliphatic rings. The summed E-state index contributed by atoms with van der Waals surface area (Å²) in [6.45, 7) is 1.79. The number of rotatable bonds is 6. The molecular formula is C13H18F2N2O3S. The van der Waals surface area contributed by atoms with Crippen molar-refractivity contribution < 1.29 is 21.9 Å². The Morgan fingerprint density at radius 3 is 2.67 bits per heavy atom. The Morgan fingerprint density at radius 2 is 1.95 bits per heavy atom. The first-order valence-corrected chi connectivity index (χ1v) is 8.30. The highest BCUT2D eigenvalue weighted by Gasteiger charge is 2.23. The minimum Gasteiger partial charge on any atom is -0.379 e. The van der Waals surface area contributed by atoms with Crippen molar-refractivity contribution in [1.82, 2.24) is 9.62 Å². The lowest BCUT2D eigenvalue weighted by Gasteiger charge is -2.26. The van der Waals surface area contributed by atoms with Crippen molar-refractivity contribution in [1.29, 1.82) is 0 Å². The second-order valence-corrected chi connectivity index (χ2v) is 6.83. The first kappa shape index (κ1) is 16.3. The summed E-state index contributed by atoms with van der Waals surface area (Å²) < 4.78 is 56.9. The van der Waals surface area contributed by atoms with E-state index < -0.39 is 21.7 Å². The molecule has 0 aromatic heterocycles. The van der Waals surface area contributed by atoms with E-state index in [1.54, 1.807) is 0 Å². The van der Waals surface area contributed by atoms with Crippen LogP contribution in [-0.4, -0.2) is 51.3 Å². The van der Waals surface area contributed by atoms with E-state index in [2.05, 4.69) is 5.32 Å². The fraction of sp³-hybridized carbons (Fsp3) is 0.538. The van der Waals surface area contributed by atoms with Crippen LogP contribution >= 0.6 is 0 Å². The molecule has 1 fully saturated rings. The van der Waals surface area contributed by atoms with E-state index in [4.69, 9.17) is 4.74 Å². The molecule has 0 bridgehead atoms. The zero-order chi connectivity index (χ0) is 15.3. The minimum atomic E-state index is -3.33. The van der Waals surface area contributed by atoms with Gasteiger partial charge in [-0.3, -0.25) is 0 Å². The minimum absolute atomic E-state index is 0.0794. The maximum Gasteiger partial charge on any atom is 0.215 e. The molecule has 0 saturated carbocycles. The molecule has 0 amide bonds. The molecule has 0 atom stereocenters. The van der Waals surface area contributed by atoms with Gasteiger partial charge in [-0.25, -0.2) is 17.2 Å². The Bertz CT molecular complexity index is 575. The van der Waals surface area contributed by atoms with E-state index in [1.807, 2.05) is 0 Å². The average Bonchev–Trinajstić information content (AvgIpc) is 2.48. The van der Waals surface area contributed by atoms with Gasteiger partial charge >= 0.3 is 0 Å². The fourth-order valence-corrected chi connectivity index (χ4v) is 3.42. The average molecular weight is 320 g/mol. The third-order valence-electron chi connectivity index (χ3n) is 3.22. The monoisotopic (exact) mass is 320 g/mol. The molecule has 0 aliphatic carbocycles. The summed E-state index contributed by atoms with van der Waals surface area (Å²) in [5, 5.41) is 2.82. The standard InChI is InChI=1S/C13H18F2N2O3S/c14-12-1-2-13(15)11(9-12)10-16-3-8-21(18,19)17-4-6-20-7-5-17/h1-2,9,16H,3-8,10H2. The second kappa shape index (κ2) is 7.26. The maximum absolute atomic E-state index is 13.4. The van der Waals surface area contributed by atoms with Gasteiger partial charge in [0.15, 0.2) is 0 Å². The zero-order valence-corrected chi connectivity index (χ0v) is 12.3. The Kier molecular flexibility index (Phi) is 5.63. The summed E-state index contributed by atoms with van der Waals surface area (Å²) in [6.07, 6.45) is 0. The van der Waals surface area contributed by atoms with Crippen LogP contribution in [0.4, 0.5) is 8.78 Å². The van der Waals surface area contributed by atoms with Gasteiger partial charge in [-0.1, -0.05) is 0 Å². The number of nitrogens with zero attached hydrogens (tertiary/aromatic N) is 1. The van der Waals surface area contributed by atoms with Crippen molar-refractivity contribution in [3.8, 4) is 0 Å². The molecule has 118 valence electrons.